The number of para-hydroxylation sites is 2. The fraction of sp³-hybridized carbons (Fsp3) is 0.250. The van der Waals surface area contributed by atoms with E-state index in [1.807, 2.05) is 48.8 Å². The van der Waals surface area contributed by atoms with Gasteiger partial charge in [0.2, 0.25) is 5.91 Å². The Morgan fingerprint density at radius 1 is 1.19 bits per heavy atom. The first-order chi connectivity index (χ1) is 10.3. The summed E-state index contributed by atoms with van der Waals surface area (Å²) in [5, 5.41) is 2.90. The zero-order valence-electron chi connectivity index (χ0n) is 11.7. The highest BCUT2D eigenvalue weighted by Crippen LogP contribution is 2.09. The van der Waals surface area contributed by atoms with Crippen LogP contribution >= 0.6 is 0 Å². The summed E-state index contributed by atoms with van der Waals surface area (Å²) in [6.45, 7) is 1.31. The summed E-state index contributed by atoms with van der Waals surface area (Å²) < 4.78 is 2.08. The summed E-state index contributed by atoms with van der Waals surface area (Å²) in [5.41, 5.74) is 1.92. The zero-order valence-corrected chi connectivity index (χ0v) is 11.7. The second kappa shape index (κ2) is 6.26. The van der Waals surface area contributed by atoms with E-state index < -0.39 is 0 Å². The highest BCUT2D eigenvalue weighted by Gasteiger charge is 2.05. The number of benzene rings is 1. The number of H-pyrrole nitrogens is 1. The summed E-state index contributed by atoms with van der Waals surface area (Å²) >= 11 is 0. The molecule has 0 saturated carbocycles. The first-order valence-electron chi connectivity index (χ1n) is 7.12. The third-order valence-corrected chi connectivity index (χ3v) is 3.38. The van der Waals surface area contributed by atoms with Crippen LogP contribution in [0.4, 0.5) is 0 Å². The van der Waals surface area contributed by atoms with Crippen LogP contribution in [0.3, 0.4) is 0 Å². The molecule has 0 spiro atoms. The van der Waals surface area contributed by atoms with Gasteiger partial charge in [-0.15, -0.1) is 0 Å². The average molecular weight is 282 g/mol. The van der Waals surface area contributed by atoms with Crippen LogP contribution in [0.15, 0.2) is 48.8 Å². The molecule has 3 aromatic rings. The van der Waals surface area contributed by atoms with Crippen LogP contribution < -0.4 is 5.32 Å². The minimum absolute atomic E-state index is 0.0580. The van der Waals surface area contributed by atoms with Crippen molar-refractivity contribution in [3.8, 4) is 0 Å². The maximum absolute atomic E-state index is 11.8. The highest BCUT2D eigenvalue weighted by molar-refractivity contribution is 5.76. The van der Waals surface area contributed by atoms with E-state index >= 15 is 0 Å². The Balaban J connectivity index is 1.44. The molecule has 0 aliphatic heterocycles. The number of imidazole rings is 1. The maximum Gasteiger partial charge on any atom is 0.220 e. The molecular weight excluding hydrogens is 264 g/mol. The molecule has 5 nitrogen and oxygen atoms in total. The highest BCUT2D eigenvalue weighted by atomic mass is 16.1. The van der Waals surface area contributed by atoms with Gasteiger partial charge in [0.05, 0.1) is 17.6 Å². The standard InChI is InChI=1S/C16H18N4O/c21-16(8-5-11-20-9-3-4-10-20)17-12-15-18-13-6-1-2-7-14(13)19-15/h1-4,6-7,9-10H,5,8,11-12H2,(H,17,21)(H,18,19). The van der Waals surface area contributed by atoms with Gasteiger partial charge in [0.1, 0.15) is 5.82 Å². The van der Waals surface area contributed by atoms with E-state index in [1.54, 1.807) is 0 Å². The number of aromatic nitrogens is 3. The quantitative estimate of drug-likeness (QED) is 0.729. The molecule has 2 aromatic heterocycles. The van der Waals surface area contributed by atoms with Crippen LogP contribution in [0, 0.1) is 0 Å². The van der Waals surface area contributed by atoms with Gasteiger partial charge in [0, 0.05) is 25.4 Å². The van der Waals surface area contributed by atoms with Gasteiger partial charge in [-0.25, -0.2) is 4.98 Å². The van der Waals surface area contributed by atoms with Gasteiger partial charge in [-0.3, -0.25) is 4.79 Å². The summed E-state index contributed by atoms with van der Waals surface area (Å²) in [6.07, 6.45) is 5.37. The van der Waals surface area contributed by atoms with Crippen LogP contribution in [-0.4, -0.2) is 20.4 Å². The van der Waals surface area contributed by atoms with Gasteiger partial charge in [-0.1, -0.05) is 12.1 Å². The number of carbonyl (C=O) groups excluding carboxylic acids is 1. The molecule has 1 aromatic carbocycles. The molecule has 0 aliphatic rings. The number of hydrogen-bond donors (Lipinski definition) is 2. The van der Waals surface area contributed by atoms with Gasteiger partial charge >= 0.3 is 0 Å². The van der Waals surface area contributed by atoms with Crippen molar-refractivity contribution >= 4 is 16.9 Å². The van der Waals surface area contributed by atoms with Crippen LogP contribution in [0.25, 0.3) is 11.0 Å². The van der Waals surface area contributed by atoms with Crippen molar-refractivity contribution in [3.63, 3.8) is 0 Å². The van der Waals surface area contributed by atoms with Crippen molar-refractivity contribution < 1.29 is 4.79 Å². The van der Waals surface area contributed by atoms with E-state index in [-0.39, 0.29) is 5.91 Å². The number of nitrogens with one attached hydrogen (secondary N) is 2. The Labute approximate surface area is 123 Å². The molecule has 5 heteroatoms. The number of rotatable bonds is 6. The largest absolute Gasteiger partial charge is 0.354 e. The molecular formula is C16H18N4O. The molecule has 2 heterocycles. The van der Waals surface area contributed by atoms with Gasteiger partial charge in [-0.2, -0.15) is 0 Å². The third-order valence-electron chi connectivity index (χ3n) is 3.38. The molecule has 0 unspecified atom stereocenters. The van der Waals surface area contributed by atoms with Crippen LogP contribution in [0.1, 0.15) is 18.7 Å². The monoisotopic (exact) mass is 282 g/mol. The van der Waals surface area contributed by atoms with E-state index in [9.17, 15) is 4.79 Å². The predicted molar refractivity (Wildman–Crippen MR) is 81.6 cm³/mol. The molecule has 3 rings (SSSR count). The fourth-order valence-corrected chi connectivity index (χ4v) is 2.30. The predicted octanol–water partition coefficient (Wildman–Crippen LogP) is 2.46. The molecule has 21 heavy (non-hydrogen) atoms. The number of carbonyl (C=O) groups is 1. The number of hydrogen-bond acceptors (Lipinski definition) is 2. The smallest absolute Gasteiger partial charge is 0.220 e. The summed E-state index contributed by atoms with van der Waals surface area (Å²) in [7, 11) is 0. The van der Waals surface area contributed by atoms with E-state index in [4.69, 9.17) is 0 Å². The van der Waals surface area contributed by atoms with E-state index in [1.165, 1.54) is 0 Å². The number of aromatic amines is 1. The SMILES string of the molecule is O=C(CCCn1cccc1)NCc1nc2ccccc2[nH]1. The van der Waals surface area contributed by atoms with Gasteiger partial charge < -0.3 is 14.9 Å². The van der Waals surface area contributed by atoms with Gasteiger partial charge in [-0.05, 0) is 30.7 Å². The van der Waals surface area contributed by atoms with Gasteiger partial charge in [0.25, 0.3) is 0 Å². The number of amides is 1. The number of nitrogens with zero attached hydrogens (tertiary/aromatic N) is 2. The molecule has 0 bridgehead atoms. The lowest BCUT2D eigenvalue weighted by Crippen LogP contribution is -2.23. The molecule has 0 saturated heterocycles. The summed E-state index contributed by atoms with van der Waals surface area (Å²) in [6, 6.07) is 11.8. The molecule has 0 aliphatic carbocycles. The Morgan fingerprint density at radius 2 is 2.00 bits per heavy atom. The van der Waals surface area contributed by atoms with Crippen LogP contribution in [-0.2, 0) is 17.9 Å². The topological polar surface area (TPSA) is 62.7 Å². The lowest BCUT2D eigenvalue weighted by Gasteiger charge is -2.04. The van der Waals surface area contributed by atoms with E-state index in [0.717, 1.165) is 29.8 Å². The normalized spacial score (nSPS) is 10.9. The van der Waals surface area contributed by atoms with Crippen molar-refractivity contribution in [2.45, 2.75) is 25.9 Å². The lowest BCUT2D eigenvalue weighted by molar-refractivity contribution is -0.121. The van der Waals surface area contributed by atoms with Crippen molar-refractivity contribution in [1.82, 2.24) is 19.9 Å². The summed E-state index contributed by atoms with van der Waals surface area (Å²) in [5.74, 6) is 0.845. The Bertz CT molecular complexity index is 682. The number of fused-ring (bicyclic) bond motifs is 1. The lowest BCUT2D eigenvalue weighted by atomic mass is 10.3. The average Bonchev–Trinajstić information content (AvgIpc) is 3.13. The van der Waals surface area contributed by atoms with Crippen molar-refractivity contribution in [2.75, 3.05) is 0 Å². The van der Waals surface area contributed by atoms with Gasteiger partial charge in [0.15, 0.2) is 0 Å². The minimum Gasteiger partial charge on any atom is -0.354 e. The van der Waals surface area contributed by atoms with Crippen molar-refractivity contribution in [1.29, 1.82) is 0 Å². The maximum atomic E-state index is 11.8. The van der Waals surface area contributed by atoms with E-state index in [0.29, 0.717) is 13.0 Å². The zero-order chi connectivity index (χ0) is 14.5. The second-order valence-electron chi connectivity index (χ2n) is 5.00. The Hall–Kier alpha value is -2.56. The Kier molecular flexibility index (Phi) is 4.00. The molecule has 0 radical (unpaired) electrons. The van der Waals surface area contributed by atoms with Crippen LogP contribution in [0.5, 0.6) is 0 Å². The molecule has 108 valence electrons. The first-order valence-corrected chi connectivity index (χ1v) is 7.12. The second-order valence-corrected chi connectivity index (χ2v) is 5.00. The van der Waals surface area contributed by atoms with Crippen LogP contribution in [0.2, 0.25) is 0 Å². The Morgan fingerprint density at radius 3 is 2.81 bits per heavy atom. The summed E-state index contributed by atoms with van der Waals surface area (Å²) in [4.78, 5) is 19.4. The minimum atomic E-state index is 0.0580. The van der Waals surface area contributed by atoms with Crippen molar-refractivity contribution in [3.05, 3.63) is 54.6 Å². The molecule has 0 atom stereocenters. The fourth-order valence-electron chi connectivity index (χ4n) is 2.30. The van der Waals surface area contributed by atoms with E-state index in [2.05, 4.69) is 19.9 Å². The van der Waals surface area contributed by atoms with Crippen molar-refractivity contribution in [2.24, 2.45) is 0 Å². The first kappa shape index (κ1) is 13.4. The third kappa shape index (κ3) is 3.51. The molecule has 2 N–H and O–H groups in total. The number of aryl methyl sites for hydroxylation is 1. The molecule has 0 fully saturated rings. The molecule has 1 amide bonds.